The maximum Gasteiger partial charge on any atom is 0.261 e. The van der Waals surface area contributed by atoms with Gasteiger partial charge in [-0.15, -0.1) is 0 Å². The van der Waals surface area contributed by atoms with Crippen LogP contribution in [0.15, 0.2) is 36.8 Å². The zero-order valence-electron chi connectivity index (χ0n) is 18.3. The Bertz CT molecular complexity index is 1210. The lowest BCUT2D eigenvalue weighted by Crippen LogP contribution is -2.45. The summed E-state index contributed by atoms with van der Waals surface area (Å²) in [6.45, 7) is 2.86. The fourth-order valence-electron chi connectivity index (χ4n) is 5.20. The Balaban J connectivity index is 1.37. The summed E-state index contributed by atoms with van der Waals surface area (Å²) in [7, 11) is 1.53. The second kappa shape index (κ2) is 6.93. The van der Waals surface area contributed by atoms with Crippen LogP contribution < -0.4 is 14.8 Å². The van der Waals surface area contributed by atoms with Crippen LogP contribution in [-0.2, 0) is 10.2 Å². The van der Waals surface area contributed by atoms with Crippen molar-refractivity contribution in [2.24, 2.45) is 0 Å². The van der Waals surface area contributed by atoms with E-state index in [0.717, 1.165) is 43.4 Å². The van der Waals surface area contributed by atoms with Crippen LogP contribution in [0.3, 0.4) is 0 Å². The van der Waals surface area contributed by atoms with Crippen LogP contribution in [0.25, 0.3) is 5.65 Å². The zero-order valence-corrected chi connectivity index (χ0v) is 18.3. The number of amides is 1. The third-order valence-electron chi connectivity index (χ3n) is 7.02. The van der Waals surface area contributed by atoms with Crippen molar-refractivity contribution >= 4 is 17.2 Å². The highest BCUT2D eigenvalue weighted by Gasteiger charge is 2.61. The van der Waals surface area contributed by atoms with Gasteiger partial charge in [-0.05, 0) is 51.2 Å². The molecule has 32 heavy (non-hydrogen) atoms. The van der Waals surface area contributed by atoms with Crippen molar-refractivity contribution in [3.8, 4) is 11.6 Å². The fourth-order valence-corrected chi connectivity index (χ4v) is 5.20. The first kappa shape index (κ1) is 19.5. The van der Waals surface area contributed by atoms with E-state index >= 15 is 0 Å². The van der Waals surface area contributed by atoms with E-state index in [1.165, 1.54) is 7.11 Å². The van der Waals surface area contributed by atoms with Gasteiger partial charge >= 0.3 is 0 Å². The van der Waals surface area contributed by atoms with E-state index in [9.17, 15) is 4.79 Å². The number of hydrogen-bond acceptors (Lipinski definition) is 6. The molecule has 0 aromatic carbocycles. The van der Waals surface area contributed by atoms with Crippen molar-refractivity contribution in [2.75, 3.05) is 19.0 Å². The maximum atomic E-state index is 13.3. The molecule has 2 bridgehead atoms. The summed E-state index contributed by atoms with van der Waals surface area (Å²) < 4.78 is 19.4. The molecule has 0 radical (unpaired) electrons. The number of pyridine rings is 2. The molecule has 4 aliphatic rings. The number of aromatic nitrogens is 3. The molecule has 0 unspecified atom stereocenters. The van der Waals surface area contributed by atoms with E-state index in [1.807, 2.05) is 22.9 Å². The highest BCUT2D eigenvalue weighted by Crippen LogP contribution is 2.58. The van der Waals surface area contributed by atoms with E-state index in [0.29, 0.717) is 29.5 Å². The lowest BCUT2D eigenvalue weighted by Gasteiger charge is -2.41. The molecule has 3 aromatic heterocycles. The van der Waals surface area contributed by atoms with E-state index in [2.05, 4.69) is 17.2 Å². The first-order valence-corrected chi connectivity index (χ1v) is 11.1. The van der Waals surface area contributed by atoms with Crippen LogP contribution in [0, 0.1) is 0 Å². The van der Waals surface area contributed by atoms with Gasteiger partial charge in [0.1, 0.15) is 17.1 Å². The van der Waals surface area contributed by atoms with Crippen molar-refractivity contribution in [3.05, 3.63) is 48.0 Å². The number of hydrogen-bond donors (Lipinski definition) is 1. The topological polar surface area (TPSA) is 87.0 Å². The van der Waals surface area contributed by atoms with Crippen molar-refractivity contribution in [3.63, 3.8) is 0 Å². The van der Waals surface area contributed by atoms with Crippen molar-refractivity contribution < 1.29 is 19.0 Å². The molecule has 8 heteroatoms. The standard InChI is InChI=1S/C24H26N4O4/c1-23-12-24(13-23,14-31-23)19-11-28-10-16(18(9-20(28)27-19)32-15-5-3-6-15)21(29)26-17-7-4-8-25-22(17)30-2/h4,7-11,15H,3,5-6,12-14H2,1-2H3,(H,26,29). The van der Waals surface area contributed by atoms with Gasteiger partial charge in [0.05, 0.1) is 36.7 Å². The largest absolute Gasteiger partial charge is 0.489 e. The van der Waals surface area contributed by atoms with Crippen molar-refractivity contribution in [1.29, 1.82) is 0 Å². The number of nitrogens with zero attached hydrogens (tertiary/aromatic N) is 3. The van der Waals surface area contributed by atoms with Gasteiger partial charge in [0.15, 0.2) is 0 Å². The lowest BCUT2D eigenvalue weighted by molar-refractivity contribution is 0.0154. The number of anilines is 1. The molecular weight excluding hydrogens is 408 g/mol. The van der Waals surface area contributed by atoms with E-state index < -0.39 is 0 Å². The zero-order chi connectivity index (χ0) is 21.9. The minimum absolute atomic E-state index is 0.0118. The number of ether oxygens (including phenoxy) is 3. The SMILES string of the molecule is COc1ncccc1NC(=O)c1cn2cc(C34COC(C)(C3)C4)nc2cc1OC1CCC1. The minimum Gasteiger partial charge on any atom is -0.489 e. The average molecular weight is 434 g/mol. The second-order valence-corrected chi connectivity index (χ2v) is 9.50. The number of carbonyl (C=O) groups is 1. The molecule has 8 nitrogen and oxygen atoms in total. The molecule has 3 aromatic rings. The van der Waals surface area contributed by atoms with Crippen LogP contribution in [0.5, 0.6) is 11.6 Å². The molecule has 2 aliphatic heterocycles. The monoisotopic (exact) mass is 434 g/mol. The van der Waals surface area contributed by atoms with E-state index in [4.69, 9.17) is 19.2 Å². The molecule has 2 saturated heterocycles. The summed E-state index contributed by atoms with van der Waals surface area (Å²) in [5.41, 5.74) is 2.74. The molecule has 2 saturated carbocycles. The molecule has 7 rings (SSSR count). The van der Waals surface area contributed by atoms with E-state index in [1.54, 1.807) is 18.3 Å². The molecule has 0 spiro atoms. The number of imidazole rings is 1. The smallest absolute Gasteiger partial charge is 0.261 e. The average Bonchev–Trinajstić information content (AvgIpc) is 3.41. The first-order valence-electron chi connectivity index (χ1n) is 11.1. The molecule has 0 atom stereocenters. The van der Waals surface area contributed by atoms with Crippen LogP contribution in [-0.4, -0.2) is 45.7 Å². The highest BCUT2D eigenvalue weighted by atomic mass is 16.5. The molecule has 1 amide bonds. The number of methoxy groups -OCH3 is 1. The van der Waals surface area contributed by atoms with Gasteiger partial charge in [0, 0.05) is 30.1 Å². The minimum atomic E-state index is -0.277. The van der Waals surface area contributed by atoms with Gasteiger partial charge in [0.25, 0.3) is 5.91 Å². The van der Waals surface area contributed by atoms with Gasteiger partial charge in [-0.3, -0.25) is 4.79 Å². The first-order chi connectivity index (χ1) is 15.5. The van der Waals surface area contributed by atoms with Gasteiger partial charge < -0.3 is 23.9 Å². The number of carbonyl (C=O) groups excluding carboxylic acids is 1. The van der Waals surface area contributed by atoms with Gasteiger partial charge in [-0.25, -0.2) is 9.97 Å². The summed E-state index contributed by atoms with van der Waals surface area (Å²) in [5.74, 6) is 0.640. The Morgan fingerprint density at radius 2 is 2.16 bits per heavy atom. The normalized spacial score (nSPS) is 26.4. The summed E-state index contributed by atoms with van der Waals surface area (Å²) >= 11 is 0. The van der Waals surface area contributed by atoms with Crippen LogP contribution in [0.1, 0.15) is 55.1 Å². The quantitative estimate of drug-likeness (QED) is 0.636. The Hall–Kier alpha value is -3.13. The van der Waals surface area contributed by atoms with Gasteiger partial charge in [-0.1, -0.05) is 0 Å². The number of fused-ring (bicyclic) bond motifs is 2. The fraction of sp³-hybridized carbons (Fsp3) is 0.458. The number of rotatable bonds is 6. The Kier molecular flexibility index (Phi) is 4.24. The summed E-state index contributed by atoms with van der Waals surface area (Å²) in [5, 5.41) is 2.91. The summed E-state index contributed by atoms with van der Waals surface area (Å²) in [6, 6.07) is 5.39. The molecule has 4 fully saturated rings. The Labute approximate surface area is 185 Å². The van der Waals surface area contributed by atoms with E-state index in [-0.39, 0.29) is 23.0 Å². The van der Waals surface area contributed by atoms with Crippen LogP contribution >= 0.6 is 0 Å². The molecule has 166 valence electrons. The van der Waals surface area contributed by atoms with Crippen LogP contribution in [0.2, 0.25) is 0 Å². The molecular formula is C24H26N4O4. The van der Waals surface area contributed by atoms with Gasteiger partial charge in [-0.2, -0.15) is 0 Å². The Morgan fingerprint density at radius 3 is 2.84 bits per heavy atom. The molecule has 5 heterocycles. The predicted octanol–water partition coefficient (Wildman–Crippen LogP) is 3.74. The summed E-state index contributed by atoms with van der Waals surface area (Å²) in [4.78, 5) is 22.3. The third kappa shape index (κ3) is 3.04. The van der Waals surface area contributed by atoms with Gasteiger partial charge in [0.2, 0.25) is 5.88 Å². The highest BCUT2D eigenvalue weighted by molar-refractivity contribution is 6.06. The van der Waals surface area contributed by atoms with Crippen molar-refractivity contribution in [2.45, 2.75) is 56.1 Å². The lowest BCUT2D eigenvalue weighted by atomic mass is 9.62. The predicted molar refractivity (Wildman–Crippen MR) is 117 cm³/mol. The maximum absolute atomic E-state index is 13.3. The van der Waals surface area contributed by atoms with Crippen LogP contribution in [0.4, 0.5) is 5.69 Å². The molecule has 2 aliphatic carbocycles. The summed E-state index contributed by atoms with van der Waals surface area (Å²) in [6.07, 6.45) is 10.7. The van der Waals surface area contributed by atoms with Crippen molar-refractivity contribution in [1.82, 2.24) is 14.4 Å². The third-order valence-corrected chi connectivity index (χ3v) is 7.02. The number of nitrogens with one attached hydrogen (secondary N) is 1. The second-order valence-electron chi connectivity index (χ2n) is 9.50. The Morgan fingerprint density at radius 1 is 1.31 bits per heavy atom. The molecule has 1 N–H and O–H groups in total.